The molecule has 0 fully saturated rings. The summed E-state index contributed by atoms with van der Waals surface area (Å²) in [6.45, 7) is 4.13. The highest BCUT2D eigenvalue weighted by molar-refractivity contribution is 6.33. The molecule has 1 heterocycles. The molecular formula is C12H17ClN4O2. The van der Waals surface area contributed by atoms with Crippen molar-refractivity contribution in [2.45, 2.75) is 26.3 Å². The average molecular weight is 285 g/mol. The van der Waals surface area contributed by atoms with Gasteiger partial charge >= 0.3 is 0 Å². The summed E-state index contributed by atoms with van der Waals surface area (Å²) in [4.78, 5) is 27.3. The first-order valence-electron chi connectivity index (χ1n) is 5.95. The van der Waals surface area contributed by atoms with Crippen molar-refractivity contribution in [2.24, 2.45) is 0 Å². The van der Waals surface area contributed by atoms with E-state index in [-0.39, 0.29) is 22.3 Å². The number of carbonyl (C=O) groups excluding carboxylic acids is 2. The van der Waals surface area contributed by atoms with E-state index in [1.165, 1.54) is 12.3 Å². The van der Waals surface area contributed by atoms with Crippen LogP contribution in [0.5, 0.6) is 0 Å². The lowest BCUT2D eigenvalue weighted by Crippen LogP contribution is -2.45. The minimum Gasteiger partial charge on any atom is -0.382 e. The number of nitrogens with one attached hydrogen (secondary N) is 2. The highest BCUT2D eigenvalue weighted by Crippen LogP contribution is 2.16. The molecule has 0 spiro atoms. The van der Waals surface area contributed by atoms with Gasteiger partial charge in [-0.25, -0.2) is 4.98 Å². The number of amides is 2. The Labute approximate surface area is 116 Å². The third-order valence-electron chi connectivity index (χ3n) is 2.42. The second-order valence-electron chi connectivity index (χ2n) is 4.08. The van der Waals surface area contributed by atoms with Crippen molar-refractivity contribution in [1.29, 1.82) is 0 Å². The van der Waals surface area contributed by atoms with Gasteiger partial charge in [0.2, 0.25) is 5.91 Å². The normalized spacial score (nSPS) is 11.7. The van der Waals surface area contributed by atoms with Crippen LogP contribution >= 0.6 is 11.6 Å². The highest BCUT2D eigenvalue weighted by atomic mass is 35.5. The second kappa shape index (κ2) is 6.94. The number of nitrogens with zero attached hydrogens (tertiary/aromatic N) is 1. The lowest BCUT2D eigenvalue weighted by atomic mass is 10.2. The van der Waals surface area contributed by atoms with Crippen LogP contribution in [0.25, 0.3) is 0 Å². The summed E-state index contributed by atoms with van der Waals surface area (Å²) >= 11 is 5.78. The van der Waals surface area contributed by atoms with Crippen LogP contribution in [0.1, 0.15) is 30.6 Å². The number of pyridine rings is 1. The molecule has 0 bridgehead atoms. The first-order chi connectivity index (χ1) is 8.95. The van der Waals surface area contributed by atoms with Gasteiger partial charge in [-0.15, -0.1) is 0 Å². The van der Waals surface area contributed by atoms with E-state index in [4.69, 9.17) is 17.3 Å². The number of hydrogen-bond acceptors (Lipinski definition) is 4. The van der Waals surface area contributed by atoms with E-state index >= 15 is 0 Å². The molecular weight excluding hydrogens is 268 g/mol. The van der Waals surface area contributed by atoms with E-state index in [2.05, 4.69) is 15.6 Å². The summed E-state index contributed by atoms with van der Waals surface area (Å²) in [5.74, 6) is -0.495. The van der Waals surface area contributed by atoms with E-state index in [0.717, 1.165) is 6.42 Å². The van der Waals surface area contributed by atoms with Crippen LogP contribution in [0, 0.1) is 0 Å². The minimum absolute atomic E-state index is 0.159. The molecule has 4 N–H and O–H groups in total. The smallest absolute Gasteiger partial charge is 0.253 e. The average Bonchev–Trinajstić information content (AvgIpc) is 2.38. The zero-order chi connectivity index (χ0) is 14.4. The van der Waals surface area contributed by atoms with Crippen molar-refractivity contribution in [3.05, 3.63) is 22.8 Å². The minimum atomic E-state index is -0.629. The van der Waals surface area contributed by atoms with Crippen molar-refractivity contribution < 1.29 is 9.59 Å². The number of rotatable bonds is 5. The zero-order valence-electron chi connectivity index (χ0n) is 10.9. The van der Waals surface area contributed by atoms with E-state index in [1.54, 1.807) is 6.92 Å². The summed E-state index contributed by atoms with van der Waals surface area (Å²) in [5, 5.41) is 5.46. The molecule has 0 aliphatic rings. The van der Waals surface area contributed by atoms with Gasteiger partial charge in [0.25, 0.3) is 5.91 Å². The molecule has 1 aromatic heterocycles. The molecule has 0 saturated heterocycles. The predicted molar refractivity (Wildman–Crippen MR) is 73.9 cm³/mol. The summed E-state index contributed by atoms with van der Waals surface area (Å²) in [6.07, 6.45) is 2.15. The van der Waals surface area contributed by atoms with Gasteiger partial charge in [-0.2, -0.15) is 0 Å². The van der Waals surface area contributed by atoms with Crippen LogP contribution in [-0.4, -0.2) is 29.4 Å². The molecule has 1 aromatic rings. The highest BCUT2D eigenvalue weighted by Gasteiger charge is 2.16. The van der Waals surface area contributed by atoms with Crippen LogP contribution < -0.4 is 16.4 Å². The van der Waals surface area contributed by atoms with Crippen LogP contribution in [0.3, 0.4) is 0 Å². The van der Waals surface area contributed by atoms with Gasteiger partial charge in [-0.05, 0) is 19.4 Å². The number of carbonyl (C=O) groups is 2. The molecule has 1 atom stereocenters. The Bertz CT molecular complexity index is 479. The third kappa shape index (κ3) is 4.40. The molecule has 19 heavy (non-hydrogen) atoms. The molecule has 1 unspecified atom stereocenters. The standard InChI is InChI=1S/C12H17ClN4O2/c1-3-4-15-11(18)7(2)17-12(19)8-5-9(13)10(14)16-6-8/h5-7H,3-4H2,1-2H3,(H2,14,16)(H,15,18)(H,17,19). The Morgan fingerprint density at radius 3 is 2.79 bits per heavy atom. The van der Waals surface area contributed by atoms with Gasteiger partial charge in [-0.1, -0.05) is 18.5 Å². The van der Waals surface area contributed by atoms with Crippen molar-refractivity contribution in [2.75, 3.05) is 12.3 Å². The Hall–Kier alpha value is -1.82. The molecule has 6 nitrogen and oxygen atoms in total. The molecule has 7 heteroatoms. The van der Waals surface area contributed by atoms with Crippen molar-refractivity contribution >= 4 is 29.2 Å². The SMILES string of the molecule is CCCNC(=O)C(C)NC(=O)c1cnc(N)c(Cl)c1. The van der Waals surface area contributed by atoms with Crippen LogP contribution in [0.2, 0.25) is 5.02 Å². The topological polar surface area (TPSA) is 97.1 Å². The van der Waals surface area contributed by atoms with Crippen molar-refractivity contribution in [3.63, 3.8) is 0 Å². The maximum Gasteiger partial charge on any atom is 0.253 e. The fraction of sp³-hybridized carbons (Fsp3) is 0.417. The molecule has 2 amide bonds. The van der Waals surface area contributed by atoms with Crippen LogP contribution in [0.15, 0.2) is 12.3 Å². The zero-order valence-corrected chi connectivity index (χ0v) is 11.6. The quantitative estimate of drug-likeness (QED) is 0.750. The Kier molecular flexibility index (Phi) is 5.57. The Morgan fingerprint density at radius 1 is 1.53 bits per heavy atom. The number of nitrogen functional groups attached to an aromatic ring is 1. The maximum atomic E-state index is 11.9. The molecule has 0 radical (unpaired) electrons. The first kappa shape index (κ1) is 15.2. The number of anilines is 1. The van der Waals surface area contributed by atoms with Crippen LogP contribution in [-0.2, 0) is 4.79 Å². The summed E-state index contributed by atoms with van der Waals surface area (Å²) in [6, 6.07) is 0.783. The predicted octanol–water partition coefficient (Wildman–Crippen LogP) is 0.962. The lowest BCUT2D eigenvalue weighted by Gasteiger charge is -2.13. The van der Waals surface area contributed by atoms with E-state index in [9.17, 15) is 9.59 Å². The molecule has 104 valence electrons. The maximum absolute atomic E-state index is 11.9. The largest absolute Gasteiger partial charge is 0.382 e. The summed E-state index contributed by atoms with van der Waals surface area (Å²) < 4.78 is 0. The fourth-order valence-corrected chi connectivity index (χ4v) is 1.49. The van der Waals surface area contributed by atoms with Crippen molar-refractivity contribution in [1.82, 2.24) is 15.6 Å². The molecule has 1 rings (SSSR count). The van der Waals surface area contributed by atoms with Gasteiger partial charge in [0, 0.05) is 12.7 Å². The van der Waals surface area contributed by atoms with Gasteiger partial charge in [0.05, 0.1) is 10.6 Å². The Balaban J connectivity index is 2.63. The van der Waals surface area contributed by atoms with Gasteiger partial charge < -0.3 is 16.4 Å². The monoisotopic (exact) mass is 284 g/mol. The number of halogens is 1. The van der Waals surface area contributed by atoms with E-state index in [0.29, 0.717) is 6.54 Å². The second-order valence-corrected chi connectivity index (χ2v) is 4.48. The van der Waals surface area contributed by atoms with Gasteiger partial charge in [0.15, 0.2) is 0 Å². The summed E-state index contributed by atoms with van der Waals surface area (Å²) in [7, 11) is 0. The first-order valence-corrected chi connectivity index (χ1v) is 6.33. The molecule has 0 aliphatic carbocycles. The van der Waals surface area contributed by atoms with E-state index < -0.39 is 11.9 Å². The summed E-state index contributed by atoms with van der Waals surface area (Å²) in [5.41, 5.74) is 5.71. The number of aromatic nitrogens is 1. The van der Waals surface area contributed by atoms with Crippen LogP contribution in [0.4, 0.5) is 5.82 Å². The molecule has 0 aromatic carbocycles. The lowest BCUT2D eigenvalue weighted by molar-refractivity contribution is -0.122. The third-order valence-corrected chi connectivity index (χ3v) is 2.72. The molecule has 0 aliphatic heterocycles. The Morgan fingerprint density at radius 2 is 2.21 bits per heavy atom. The fourth-order valence-electron chi connectivity index (χ4n) is 1.32. The number of nitrogens with two attached hydrogens (primary N) is 1. The van der Waals surface area contributed by atoms with Gasteiger partial charge in [0.1, 0.15) is 11.9 Å². The molecule has 0 saturated carbocycles. The van der Waals surface area contributed by atoms with E-state index in [1.807, 2.05) is 6.92 Å². The van der Waals surface area contributed by atoms with Gasteiger partial charge in [-0.3, -0.25) is 9.59 Å². The number of hydrogen-bond donors (Lipinski definition) is 3. The van der Waals surface area contributed by atoms with Crippen molar-refractivity contribution in [3.8, 4) is 0 Å².